The molecule has 0 atom stereocenters. The molecule has 0 saturated carbocycles. The van der Waals surface area contributed by atoms with Crippen molar-refractivity contribution in [1.82, 2.24) is 5.32 Å². The molecule has 0 amide bonds. The molecule has 0 aromatic carbocycles. The van der Waals surface area contributed by atoms with E-state index in [-0.39, 0.29) is 12.2 Å². The van der Waals surface area contributed by atoms with Crippen LogP contribution >= 0.6 is 0 Å². The van der Waals surface area contributed by atoms with E-state index >= 15 is 0 Å². The summed E-state index contributed by atoms with van der Waals surface area (Å²) >= 11 is 0. The van der Waals surface area contributed by atoms with Crippen molar-refractivity contribution in [2.24, 2.45) is 5.11 Å². The van der Waals surface area contributed by atoms with Crippen LogP contribution in [0.1, 0.15) is 13.3 Å². The molecule has 56 valence electrons. The zero-order chi connectivity index (χ0) is 7.98. The minimum Gasteiger partial charge on any atom is -0.392 e. The van der Waals surface area contributed by atoms with E-state index < -0.39 is 0 Å². The Morgan fingerprint density at radius 1 is 1.80 bits per heavy atom. The summed E-state index contributed by atoms with van der Waals surface area (Å²) in [5, 5.41) is 5.84. The Kier molecular flexibility index (Phi) is 4.11. The molecule has 4 nitrogen and oxygen atoms in total. The lowest BCUT2D eigenvalue weighted by atomic mass is 10.2. The minimum atomic E-state index is 0.0116. The summed E-state index contributed by atoms with van der Waals surface area (Å²) in [4.78, 5) is 10.5. The molecule has 0 aliphatic rings. The molecule has 0 unspecified atom stereocenters. The molecule has 2 N–H and O–H groups in total. The summed E-state index contributed by atoms with van der Waals surface area (Å²) in [5.74, 6) is 0.0116. The van der Waals surface area contributed by atoms with E-state index in [4.69, 9.17) is 5.53 Å². The quantitative estimate of drug-likeness (QED) is 0.575. The molecule has 4 heteroatoms. The third-order valence-electron chi connectivity index (χ3n) is 0.885. The van der Waals surface area contributed by atoms with Crippen LogP contribution in [0.3, 0.4) is 0 Å². The van der Waals surface area contributed by atoms with Crippen LogP contribution in [-0.2, 0) is 4.79 Å². The normalized spacial score (nSPS) is 10.8. The first kappa shape index (κ1) is 8.81. The van der Waals surface area contributed by atoms with Gasteiger partial charge in [0.05, 0.1) is 12.1 Å². The molecular formula is C6H11N3O. The minimum absolute atomic E-state index is 0.0116. The maximum atomic E-state index is 10.5. The molecule has 0 aromatic rings. The van der Waals surface area contributed by atoms with Crippen LogP contribution in [0.4, 0.5) is 0 Å². The third-order valence-corrected chi connectivity index (χ3v) is 0.885. The van der Waals surface area contributed by atoms with Gasteiger partial charge in [0.2, 0.25) is 0 Å². The number of hydrogen-bond acceptors (Lipinski definition) is 4. The van der Waals surface area contributed by atoms with E-state index in [1.54, 1.807) is 7.05 Å². The van der Waals surface area contributed by atoms with Crippen molar-refractivity contribution >= 4 is 5.78 Å². The summed E-state index contributed by atoms with van der Waals surface area (Å²) < 4.78 is 0. The van der Waals surface area contributed by atoms with Gasteiger partial charge < -0.3 is 5.32 Å². The molecular weight excluding hydrogens is 130 g/mol. The average Bonchev–Trinajstić information content (AvgIpc) is 1.86. The second kappa shape index (κ2) is 4.67. The van der Waals surface area contributed by atoms with Gasteiger partial charge in [-0.25, -0.2) is 5.53 Å². The van der Waals surface area contributed by atoms with Crippen molar-refractivity contribution in [3.8, 4) is 0 Å². The van der Waals surface area contributed by atoms with Crippen LogP contribution in [0.15, 0.2) is 17.0 Å². The highest BCUT2D eigenvalue weighted by atomic mass is 16.1. The summed E-state index contributed by atoms with van der Waals surface area (Å²) in [6.07, 6.45) is 1.76. The molecule has 0 aliphatic heterocycles. The first-order chi connectivity index (χ1) is 4.70. The monoisotopic (exact) mass is 141 g/mol. The number of hydrogen-bond donors (Lipinski definition) is 2. The fraction of sp³-hybridized carbons (Fsp3) is 0.500. The number of ketones is 1. The lowest BCUT2D eigenvalue weighted by Gasteiger charge is -1.94. The standard InChI is InChI=1S/C6H11N3O/c1-5(10)3-6(9-7)4-8-2/h4,7-8H,3H2,1-2H3/b6-4-,9-7?. The molecule has 0 aromatic heterocycles. The van der Waals surface area contributed by atoms with E-state index in [1.165, 1.54) is 13.1 Å². The van der Waals surface area contributed by atoms with Crippen LogP contribution in [0, 0.1) is 5.53 Å². The molecule has 0 aliphatic carbocycles. The maximum absolute atomic E-state index is 10.5. The lowest BCUT2D eigenvalue weighted by molar-refractivity contribution is -0.116. The fourth-order valence-electron chi connectivity index (χ4n) is 0.545. The van der Waals surface area contributed by atoms with Gasteiger partial charge in [-0.1, -0.05) is 0 Å². The fourth-order valence-corrected chi connectivity index (χ4v) is 0.545. The smallest absolute Gasteiger partial charge is 0.135 e. The van der Waals surface area contributed by atoms with Gasteiger partial charge in [-0.2, -0.15) is 5.11 Å². The van der Waals surface area contributed by atoms with E-state index in [9.17, 15) is 4.79 Å². The lowest BCUT2D eigenvalue weighted by Crippen LogP contribution is -1.98. The molecule has 0 rings (SSSR count). The van der Waals surface area contributed by atoms with Gasteiger partial charge in [0.25, 0.3) is 0 Å². The van der Waals surface area contributed by atoms with Crippen LogP contribution in [-0.4, -0.2) is 12.8 Å². The van der Waals surface area contributed by atoms with Crippen molar-refractivity contribution < 1.29 is 4.79 Å². The Bertz CT molecular complexity index is 162. The zero-order valence-electron chi connectivity index (χ0n) is 6.14. The van der Waals surface area contributed by atoms with E-state index in [1.807, 2.05) is 0 Å². The zero-order valence-corrected chi connectivity index (χ0v) is 6.14. The van der Waals surface area contributed by atoms with Crippen LogP contribution in [0.5, 0.6) is 0 Å². The van der Waals surface area contributed by atoms with Crippen molar-refractivity contribution in [2.75, 3.05) is 7.05 Å². The predicted octanol–water partition coefficient (Wildman–Crippen LogP) is 1.06. The molecule has 0 spiro atoms. The number of carbonyl (C=O) groups is 1. The van der Waals surface area contributed by atoms with Crippen molar-refractivity contribution in [3.05, 3.63) is 11.9 Å². The molecule has 0 radical (unpaired) electrons. The van der Waals surface area contributed by atoms with Crippen LogP contribution < -0.4 is 5.32 Å². The third kappa shape index (κ3) is 3.77. The van der Waals surface area contributed by atoms with Crippen molar-refractivity contribution in [3.63, 3.8) is 0 Å². The van der Waals surface area contributed by atoms with Gasteiger partial charge in [-0.15, -0.1) is 0 Å². The first-order valence-corrected chi connectivity index (χ1v) is 2.94. The largest absolute Gasteiger partial charge is 0.392 e. The topological polar surface area (TPSA) is 65.3 Å². The number of nitrogens with one attached hydrogen (secondary N) is 2. The highest BCUT2D eigenvalue weighted by molar-refractivity contribution is 5.77. The Morgan fingerprint density at radius 3 is 2.70 bits per heavy atom. The summed E-state index contributed by atoms with van der Waals surface area (Å²) in [7, 11) is 1.70. The van der Waals surface area contributed by atoms with E-state index in [0.717, 1.165) is 0 Å². The first-order valence-electron chi connectivity index (χ1n) is 2.94. The molecule has 10 heavy (non-hydrogen) atoms. The second-order valence-electron chi connectivity index (χ2n) is 1.91. The Balaban J connectivity index is 3.95. The number of allylic oxidation sites excluding steroid dienone is 1. The number of Topliss-reactive ketones (excluding diaryl/α,β-unsaturated/α-hetero) is 1. The van der Waals surface area contributed by atoms with E-state index in [2.05, 4.69) is 10.4 Å². The molecule has 0 bridgehead atoms. The van der Waals surface area contributed by atoms with Gasteiger partial charge in [-0.05, 0) is 6.92 Å². The predicted molar refractivity (Wildman–Crippen MR) is 37.6 cm³/mol. The van der Waals surface area contributed by atoms with Crippen molar-refractivity contribution in [1.29, 1.82) is 5.53 Å². The van der Waals surface area contributed by atoms with Crippen LogP contribution in [0.2, 0.25) is 0 Å². The van der Waals surface area contributed by atoms with Crippen molar-refractivity contribution in [2.45, 2.75) is 13.3 Å². The second-order valence-corrected chi connectivity index (χ2v) is 1.91. The van der Waals surface area contributed by atoms with Crippen LogP contribution in [0.25, 0.3) is 0 Å². The van der Waals surface area contributed by atoms with Gasteiger partial charge in [-0.3, -0.25) is 4.79 Å². The SMILES string of the molecule is CN/C=C(/CC(C)=O)N=N. The Morgan fingerprint density at radius 2 is 2.40 bits per heavy atom. The number of nitrogens with zero attached hydrogens (tertiary/aromatic N) is 1. The molecule has 0 heterocycles. The summed E-state index contributed by atoms with van der Waals surface area (Å²) in [6.45, 7) is 1.47. The Hall–Kier alpha value is -1.19. The Labute approximate surface area is 59.8 Å². The van der Waals surface area contributed by atoms with Gasteiger partial charge in [0, 0.05) is 13.2 Å². The molecule has 0 fully saturated rings. The number of carbonyl (C=O) groups excluding carboxylic acids is 1. The van der Waals surface area contributed by atoms with Gasteiger partial charge in [0.15, 0.2) is 0 Å². The highest BCUT2D eigenvalue weighted by Crippen LogP contribution is 2.00. The highest BCUT2D eigenvalue weighted by Gasteiger charge is 1.97. The summed E-state index contributed by atoms with van der Waals surface area (Å²) in [6, 6.07) is 0. The summed E-state index contributed by atoms with van der Waals surface area (Å²) in [5.41, 5.74) is 7.07. The average molecular weight is 141 g/mol. The maximum Gasteiger partial charge on any atom is 0.135 e. The van der Waals surface area contributed by atoms with Gasteiger partial charge >= 0.3 is 0 Å². The molecule has 0 saturated heterocycles. The number of rotatable bonds is 4. The van der Waals surface area contributed by atoms with E-state index in [0.29, 0.717) is 5.70 Å². The van der Waals surface area contributed by atoms with Gasteiger partial charge in [0.1, 0.15) is 5.78 Å².